The van der Waals surface area contributed by atoms with Crippen molar-refractivity contribution < 1.29 is 5.11 Å². The summed E-state index contributed by atoms with van der Waals surface area (Å²) >= 11 is 0. The van der Waals surface area contributed by atoms with Gasteiger partial charge in [-0.05, 0) is 24.8 Å². The number of aromatic nitrogens is 3. The van der Waals surface area contributed by atoms with Crippen molar-refractivity contribution in [3.05, 3.63) is 47.5 Å². The third kappa shape index (κ3) is 4.17. The fourth-order valence-corrected chi connectivity index (χ4v) is 2.34. The second-order valence-electron chi connectivity index (χ2n) is 5.80. The van der Waals surface area contributed by atoms with Crippen molar-refractivity contribution in [3.8, 4) is 0 Å². The lowest BCUT2D eigenvalue weighted by atomic mass is 10.0. The molecular weight excluding hydrogens is 250 g/mol. The summed E-state index contributed by atoms with van der Waals surface area (Å²) in [4.78, 5) is 4.26. The summed E-state index contributed by atoms with van der Waals surface area (Å²) in [5.41, 5.74) is 2.38. The number of rotatable bonds is 6. The first kappa shape index (κ1) is 14.7. The molecule has 0 radical (unpaired) electrons. The molecule has 20 heavy (non-hydrogen) atoms. The van der Waals surface area contributed by atoms with Crippen molar-refractivity contribution in [2.45, 2.75) is 46.3 Å². The molecule has 0 fully saturated rings. The van der Waals surface area contributed by atoms with Crippen LogP contribution in [0, 0.1) is 12.8 Å². The van der Waals surface area contributed by atoms with Gasteiger partial charge in [-0.25, -0.2) is 9.67 Å². The number of hydrogen-bond donors (Lipinski definition) is 1. The standard InChI is InChI=1S/C16H23N3O/c1-12(2)10-19-16(17-11-18-19)9-15(20)8-14-6-4-5-13(3)7-14/h4-7,11-12,15,20H,8-10H2,1-3H3. The fraction of sp³-hybridized carbons (Fsp3) is 0.500. The maximum atomic E-state index is 10.2. The van der Waals surface area contributed by atoms with E-state index in [1.807, 2.05) is 10.7 Å². The number of aryl methyl sites for hydroxylation is 1. The first-order valence-corrected chi connectivity index (χ1v) is 7.15. The summed E-state index contributed by atoms with van der Waals surface area (Å²) in [7, 11) is 0. The van der Waals surface area contributed by atoms with E-state index in [-0.39, 0.29) is 0 Å². The van der Waals surface area contributed by atoms with Crippen LogP contribution in [-0.2, 0) is 19.4 Å². The summed E-state index contributed by atoms with van der Waals surface area (Å²) in [5, 5.41) is 14.5. The zero-order valence-corrected chi connectivity index (χ0v) is 12.5. The van der Waals surface area contributed by atoms with Crippen LogP contribution in [0.2, 0.25) is 0 Å². The molecule has 1 aromatic heterocycles. The lowest BCUT2D eigenvalue weighted by Gasteiger charge is -2.13. The molecule has 1 aromatic carbocycles. The highest BCUT2D eigenvalue weighted by Gasteiger charge is 2.12. The molecule has 0 aliphatic rings. The number of aliphatic hydroxyl groups excluding tert-OH is 1. The van der Waals surface area contributed by atoms with Crippen LogP contribution >= 0.6 is 0 Å². The van der Waals surface area contributed by atoms with Gasteiger partial charge in [0.2, 0.25) is 0 Å². The quantitative estimate of drug-likeness (QED) is 0.879. The van der Waals surface area contributed by atoms with Gasteiger partial charge in [-0.3, -0.25) is 0 Å². The van der Waals surface area contributed by atoms with Gasteiger partial charge in [0.1, 0.15) is 12.2 Å². The molecule has 0 saturated heterocycles. The van der Waals surface area contributed by atoms with Crippen LogP contribution in [0.1, 0.15) is 30.8 Å². The van der Waals surface area contributed by atoms with E-state index in [1.165, 1.54) is 5.56 Å². The Labute approximate surface area is 120 Å². The van der Waals surface area contributed by atoms with Crippen LogP contribution in [0.3, 0.4) is 0 Å². The largest absolute Gasteiger partial charge is 0.392 e. The Bertz CT molecular complexity index is 548. The molecule has 1 atom stereocenters. The van der Waals surface area contributed by atoms with Crippen LogP contribution in [0.4, 0.5) is 0 Å². The molecule has 0 spiro atoms. The van der Waals surface area contributed by atoms with Crippen molar-refractivity contribution in [3.63, 3.8) is 0 Å². The second kappa shape index (κ2) is 6.66. The van der Waals surface area contributed by atoms with Gasteiger partial charge in [0.25, 0.3) is 0 Å². The van der Waals surface area contributed by atoms with Crippen molar-refractivity contribution in [1.29, 1.82) is 0 Å². The third-order valence-corrected chi connectivity index (χ3v) is 3.21. The first-order valence-electron chi connectivity index (χ1n) is 7.15. The van der Waals surface area contributed by atoms with E-state index in [0.717, 1.165) is 17.9 Å². The number of hydrogen-bond acceptors (Lipinski definition) is 3. The van der Waals surface area contributed by atoms with Gasteiger partial charge in [0, 0.05) is 13.0 Å². The summed E-state index contributed by atoms with van der Waals surface area (Å²) in [6.07, 6.45) is 2.33. The van der Waals surface area contributed by atoms with E-state index in [9.17, 15) is 5.11 Å². The lowest BCUT2D eigenvalue weighted by molar-refractivity contribution is 0.170. The minimum absolute atomic E-state index is 0.424. The SMILES string of the molecule is Cc1cccc(CC(O)Cc2ncnn2CC(C)C)c1. The Hall–Kier alpha value is -1.68. The fourth-order valence-electron chi connectivity index (χ4n) is 2.34. The summed E-state index contributed by atoms with van der Waals surface area (Å²) in [5.74, 6) is 1.38. The van der Waals surface area contributed by atoms with E-state index in [2.05, 4.69) is 49.1 Å². The van der Waals surface area contributed by atoms with Gasteiger partial charge in [0.15, 0.2) is 0 Å². The molecule has 1 unspecified atom stereocenters. The normalized spacial score (nSPS) is 12.8. The number of nitrogens with zero attached hydrogens (tertiary/aromatic N) is 3. The van der Waals surface area contributed by atoms with Crippen LogP contribution in [0.5, 0.6) is 0 Å². The average molecular weight is 273 g/mol. The number of benzene rings is 1. The molecule has 0 bridgehead atoms. The Morgan fingerprint density at radius 1 is 1.25 bits per heavy atom. The van der Waals surface area contributed by atoms with E-state index < -0.39 is 6.10 Å². The van der Waals surface area contributed by atoms with Crippen LogP contribution in [0.15, 0.2) is 30.6 Å². The van der Waals surface area contributed by atoms with Gasteiger partial charge in [-0.2, -0.15) is 5.10 Å². The number of aliphatic hydroxyl groups is 1. The van der Waals surface area contributed by atoms with Crippen molar-refractivity contribution in [1.82, 2.24) is 14.8 Å². The Kier molecular flexibility index (Phi) is 4.90. The monoisotopic (exact) mass is 273 g/mol. The van der Waals surface area contributed by atoms with Gasteiger partial charge in [0.05, 0.1) is 6.10 Å². The average Bonchev–Trinajstić information content (AvgIpc) is 2.75. The van der Waals surface area contributed by atoms with Gasteiger partial charge >= 0.3 is 0 Å². The lowest BCUT2D eigenvalue weighted by Crippen LogP contribution is -2.19. The zero-order chi connectivity index (χ0) is 14.5. The topological polar surface area (TPSA) is 50.9 Å². The van der Waals surface area contributed by atoms with E-state index >= 15 is 0 Å². The van der Waals surface area contributed by atoms with E-state index in [4.69, 9.17) is 0 Å². The molecule has 0 aliphatic carbocycles. The Balaban J connectivity index is 1.98. The highest BCUT2D eigenvalue weighted by atomic mass is 16.3. The molecule has 4 nitrogen and oxygen atoms in total. The van der Waals surface area contributed by atoms with Crippen LogP contribution < -0.4 is 0 Å². The molecule has 0 amide bonds. The Morgan fingerprint density at radius 3 is 2.75 bits per heavy atom. The predicted octanol–water partition coefficient (Wildman–Crippen LogP) is 2.39. The molecule has 108 valence electrons. The zero-order valence-electron chi connectivity index (χ0n) is 12.5. The van der Waals surface area contributed by atoms with Crippen LogP contribution in [0.25, 0.3) is 0 Å². The summed E-state index contributed by atoms with van der Waals surface area (Å²) in [6.45, 7) is 7.20. The van der Waals surface area contributed by atoms with Crippen molar-refractivity contribution >= 4 is 0 Å². The predicted molar refractivity (Wildman–Crippen MR) is 79.5 cm³/mol. The molecular formula is C16H23N3O. The van der Waals surface area contributed by atoms with E-state index in [0.29, 0.717) is 18.8 Å². The highest BCUT2D eigenvalue weighted by Crippen LogP contribution is 2.10. The second-order valence-corrected chi connectivity index (χ2v) is 5.80. The highest BCUT2D eigenvalue weighted by molar-refractivity contribution is 5.22. The van der Waals surface area contributed by atoms with E-state index in [1.54, 1.807) is 6.33 Å². The van der Waals surface area contributed by atoms with Crippen molar-refractivity contribution in [2.75, 3.05) is 0 Å². The molecule has 1 N–H and O–H groups in total. The van der Waals surface area contributed by atoms with Gasteiger partial charge < -0.3 is 5.11 Å². The maximum absolute atomic E-state index is 10.2. The van der Waals surface area contributed by atoms with Crippen LogP contribution in [-0.4, -0.2) is 26.0 Å². The third-order valence-electron chi connectivity index (χ3n) is 3.21. The molecule has 1 heterocycles. The molecule has 0 aliphatic heterocycles. The van der Waals surface area contributed by atoms with Crippen molar-refractivity contribution in [2.24, 2.45) is 5.92 Å². The summed E-state index contributed by atoms with van der Waals surface area (Å²) in [6, 6.07) is 8.25. The molecule has 4 heteroatoms. The minimum atomic E-state index is -0.424. The smallest absolute Gasteiger partial charge is 0.138 e. The van der Waals surface area contributed by atoms with Gasteiger partial charge in [-0.1, -0.05) is 43.7 Å². The first-order chi connectivity index (χ1) is 9.54. The molecule has 0 saturated carbocycles. The molecule has 2 rings (SSSR count). The maximum Gasteiger partial charge on any atom is 0.138 e. The Morgan fingerprint density at radius 2 is 2.05 bits per heavy atom. The summed E-state index contributed by atoms with van der Waals surface area (Å²) < 4.78 is 1.89. The molecule has 2 aromatic rings. The van der Waals surface area contributed by atoms with Gasteiger partial charge in [-0.15, -0.1) is 0 Å². The minimum Gasteiger partial charge on any atom is -0.392 e.